The lowest BCUT2D eigenvalue weighted by Gasteiger charge is -2.40. The van der Waals surface area contributed by atoms with E-state index in [1.54, 1.807) is 24.0 Å². The molecule has 3 aromatic rings. The summed E-state index contributed by atoms with van der Waals surface area (Å²) in [5.74, 6) is 1.10. The molecule has 1 aliphatic rings. The number of methoxy groups -OCH3 is 2. The van der Waals surface area contributed by atoms with Crippen LogP contribution < -0.4 is 19.7 Å². The molecule has 37 heavy (non-hydrogen) atoms. The molecule has 4 rings (SSSR count). The smallest absolute Gasteiger partial charge is 0.318 e. The molecule has 1 N–H and O–H groups in total. The zero-order valence-corrected chi connectivity index (χ0v) is 22.6. The summed E-state index contributed by atoms with van der Waals surface area (Å²) in [6, 6.07) is 16.4. The van der Waals surface area contributed by atoms with E-state index in [-0.39, 0.29) is 24.5 Å². The average Bonchev–Trinajstić information content (AvgIpc) is 3.34. The number of carbonyl (C=O) groups is 2. The molecule has 2 heterocycles. The minimum atomic E-state index is -0.498. The molecule has 1 aromatic heterocycles. The molecule has 3 amide bonds. The van der Waals surface area contributed by atoms with E-state index in [4.69, 9.17) is 9.47 Å². The minimum Gasteiger partial charge on any atom is -0.497 e. The molecule has 0 fully saturated rings. The Morgan fingerprint density at radius 3 is 2.32 bits per heavy atom. The van der Waals surface area contributed by atoms with Crippen molar-refractivity contribution in [1.82, 2.24) is 14.8 Å². The lowest BCUT2D eigenvalue weighted by atomic mass is 9.96. The van der Waals surface area contributed by atoms with Gasteiger partial charge in [0.05, 0.1) is 31.3 Å². The van der Waals surface area contributed by atoms with E-state index >= 15 is 0 Å². The maximum Gasteiger partial charge on any atom is 0.318 e. The molecule has 0 aliphatic carbocycles. The molecule has 0 radical (unpaired) electrons. The highest BCUT2D eigenvalue weighted by Crippen LogP contribution is 2.45. The van der Waals surface area contributed by atoms with Crippen LogP contribution in [0, 0.1) is 0 Å². The first-order chi connectivity index (χ1) is 17.6. The number of anilines is 1. The number of rotatable bonds is 6. The number of amides is 3. The molecule has 1 aliphatic heterocycles. The number of hydrogen-bond donors (Lipinski definition) is 1. The van der Waals surface area contributed by atoms with Gasteiger partial charge in [-0.05, 0) is 77.1 Å². The Labute approximate surface area is 218 Å². The molecule has 1 atom stereocenters. The number of nitrogens with zero attached hydrogens (tertiary/aromatic N) is 3. The van der Waals surface area contributed by atoms with Crippen LogP contribution in [0.4, 0.5) is 10.5 Å². The Morgan fingerprint density at radius 2 is 1.70 bits per heavy atom. The first kappa shape index (κ1) is 26.1. The van der Waals surface area contributed by atoms with Gasteiger partial charge in [-0.15, -0.1) is 0 Å². The lowest BCUT2D eigenvalue weighted by Crippen LogP contribution is -2.54. The van der Waals surface area contributed by atoms with Gasteiger partial charge in [0.2, 0.25) is 5.91 Å². The highest BCUT2D eigenvalue weighted by Gasteiger charge is 2.39. The fraction of sp³-hybridized carbons (Fsp3) is 0.379. The summed E-state index contributed by atoms with van der Waals surface area (Å²) < 4.78 is 13.4. The van der Waals surface area contributed by atoms with Crippen molar-refractivity contribution >= 4 is 17.6 Å². The molecule has 2 aromatic carbocycles. The lowest BCUT2D eigenvalue weighted by molar-refractivity contribution is -0.120. The van der Waals surface area contributed by atoms with Crippen molar-refractivity contribution in [3.63, 3.8) is 0 Å². The van der Waals surface area contributed by atoms with E-state index in [1.807, 2.05) is 95.4 Å². The SMILES string of the molecule is COc1ccc(OC)c(C2c3cccn3-c3ccccc3N2C(=O)CN(C(=O)NC(C)(C)C)C(C)C)c1. The molecular weight excluding hydrogens is 468 g/mol. The van der Waals surface area contributed by atoms with Gasteiger partial charge in [0, 0.05) is 23.3 Å². The highest BCUT2D eigenvalue weighted by molar-refractivity contribution is 6.00. The molecule has 0 saturated heterocycles. The number of aromatic nitrogens is 1. The molecule has 0 saturated carbocycles. The summed E-state index contributed by atoms with van der Waals surface area (Å²) in [5, 5.41) is 2.99. The van der Waals surface area contributed by atoms with Crippen LogP contribution in [-0.2, 0) is 4.79 Å². The maximum atomic E-state index is 14.2. The number of ether oxygens (including phenoxy) is 2. The third-order valence-electron chi connectivity index (χ3n) is 6.39. The monoisotopic (exact) mass is 504 g/mol. The van der Waals surface area contributed by atoms with Gasteiger partial charge in [0.25, 0.3) is 0 Å². The van der Waals surface area contributed by atoms with E-state index in [0.29, 0.717) is 11.5 Å². The molecule has 0 bridgehead atoms. The van der Waals surface area contributed by atoms with Gasteiger partial charge in [-0.2, -0.15) is 0 Å². The van der Waals surface area contributed by atoms with Crippen molar-refractivity contribution in [1.29, 1.82) is 0 Å². The van der Waals surface area contributed by atoms with Crippen molar-refractivity contribution in [2.45, 2.75) is 52.2 Å². The van der Waals surface area contributed by atoms with Crippen LogP contribution in [0.5, 0.6) is 11.5 Å². The van der Waals surface area contributed by atoms with Crippen LogP contribution in [0.1, 0.15) is 51.9 Å². The van der Waals surface area contributed by atoms with Crippen LogP contribution >= 0.6 is 0 Å². The Balaban J connectivity index is 1.85. The summed E-state index contributed by atoms with van der Waals surface area (Å²) in [4.78, 5) is 30.8. The van der Waals surface area contributed by atoms with Crippen molar-refractivity contribution in [3.05, 3.63) is 72.1 Å². The van der Waals surface area contributed by atoms with Gasteiger partial charge in [-0.1, -0.05) is 12.1 Å². The molecule has 1 unspecified atom stereocenters. The van der Waals surface area contributed by atoms with Gasteiger partial charge < -0.3 is 24.3 Å². The fourth-order valence-corrected chi connectivity index (χ4v) is 4.71. The van der Waals surface area contributed by atoms with E-state index in [1.165, 1.54) is 0 Å². The van der Waals surface area contributed by atoms with Crippen molar-refractivity contribution in [2.24, 2.45) is 0 Å². The van der Waals surface area contributed by atoms with Crippen LogP contribution in [0.15, 0.2) is 60.8 Å². The third-order valence-corrected chi connectivity index (χ3v) is 6.39. The molecular formula is C29H36N4O4. The van der Waals surface area contributed by atoms with E-state index in [9.17, 15) is 9.59 Å². The zero-order valence-electron chi connectivity index (χ0n) is 22.6. The normalized spacial score (nSPS) is 14.6. The topological polar surface area (TPSA) is 76.0 Å². The summed E-state index contributed by atoms with van der Waals surface area (Å²) in [5.41, 5.74) is 2.92. The summed E-state index contributed by atoms with van der Waals surface area (Å²) in [6.07, 6.45) is 1.99. The van der Waals surface area contributed by atoms with Crippen LogP contribution in [0.25, 0.3) is 5.69 Å². The van der Waals surface area contributed by atoms with Crippen molar-refractivity contribution in [3.8, 4) is 17.2 Å². The van der Waals surface area contributed by atoms with Gasteiger partial charge in [-0.3, -0.25) is 9.69 Å². The van der Waals surface area contributed by atoms with E-state index in [0.717, 1.165) is 22.6 Å². The Morgan fingerprint density at radius 1 is 1.00 bits per heavy atom. The zero-order chi connectivity index (χ0) is 26.9. The standard InChI is InChI=1S/C29H36N4O4/c1-19(2)32(28(35)30-29(3,4)5)18-26(34)33-23-12-9-8-11-22(23)31-16-10-13-24(31)27(33)21-17-20(36-6)14-15-25(21)37-7/h8-17,19,27H,18H2,1-7H3,(H,30,35). The number of carbonyl (C=O) groups excluding carboxylic acids is 2. The van der Waals surface area contributed by atoms with E-state index < -0.39 is 11.6 Å². The number of para-hydroxylation sites is 2. The Hall–Kier alpha value is -3.94. The predicted octanol–water partition coefficient (Wildman–Crippen LogP) is 5.15. The van der Waals surface area contributed by atoms with Gasteiger partial charge in [0.1, 0.15) is 24.1 Å². The maximum absolute atomic E-state index is 14.2. The molecule has 0 spiro atoms. The predicted molar refractivity (Wildman–Crippen MR) is 145 cm³/mol. The van der Waals surface area contributed by atoms with Gasteiger partial charge in [0.15, 0.2) is 0 Å². The quantitative estimate of drug-likeness (QED) is 0.504. The van der Waals surface area contributed by atoms with Gasteiger partial charge in [-0.25, -0.2) is 4.79 Å². The second-order valence-corrected chi connectivity index (χ2v) is 10.5. The molecule has 8 heteroatoms. The molecule has 196 valence electrons. The van der Waals surface area contributed by atoms with Crippen LogP contribution in [0.2, 0.25) is 0 Å². The number of urea groups is 1. The summed E-state index contributed by atoms with van der Waals surface area (Å²) in [7, 11) is 3.23. The van der Waals surface area contributed by atoms with Gasteiger partial charge >= 0.3 is 6.03 Å². The largest absolute Gasteiger partial charge is 0.497 e. The second-order valence-electron chi connectivity index (χ2n) is 10.5. The highest BCUT2D eigenvalue weighted by atomic mass is 16.5. The number of nitrogens with one attached hydrogen (secondary N) is 1. The number of hydrogen-bond acceptors (Lipinski definition) is 4. The van der Waals surface area contributed by atoms with Crippen molar-refractivity contribution in [2.75, 3.05) is 25.7 Å². The minimum absolute atomic E-state index is 0.0859. The second kappa shape index (κ2) is 10.2. The number of fused-ring (bicyclic) bond motifs is 3. The van der Waals surface area contributed by atoms with Crippen LogP contribution in [0.3, 0.4) is 0 Å². The summed E-state index contributed by atoms with van der Waals surface area (Å²) >= 11 is 0. The first-order valence-electron chi connectivity index (χ1n) is 12.4. The fourth-order valence-electron chi connectivity index (χ4n) is 4.71. The third kappa shape index (κ3) is 5.14. The van der Waals surface area contributed by atoms with E-state index in [2.05, 4.69) is 9.88 Å². The first-order valence-corrected chi connectivity index (χ1v) is 12.4. The summed E-state index contributed by atoms with van der Waals surface area (Å²) in [6.45, 7) is 9.50. The Bertz CT molecular complexity index is 1290. The Kier molecular flexibility index (Phi) is 7.21. The van der Waals surface area contributed by atoms with Crippen LogP contribution in [-0.4, -0.2) is 53.8 Å². The van der Waals surface area contributed by atoms with Crippen molar-refractivity contribution < 1.29 is 19.1 Å². The average molecular weight is 505 g/mol. The number of benzene rings is 2. The molecule has 8 nitrogen and oxygen atoms in total.